The van der Waals surface area contributed by atoms with Gasteiger partial charge in [0.1, 0.15) is 18.0 Å². The second kappa shape index (κ2) is 8.60. The van der Waals surface area contributed by atoms with Gasteiger partial charge in [-0.2, -0.15) is 10.4 Å². The van der Waals surface area contributed by atoms with Crippen molar-refractivity contribution in [2.24, 2.45) is 5.92 Å². The first-order valence-electron chi connectivity index (χ1n) is 11.4. The molecule has 0 bridgehead atoms. The van der Waals surface area contributed by atoms with Crippen LogP contribution in [-0.4, -0.2) is 35.7 Å². The van der Waals surface area contributed by atoms with Crippen LogP contribution in [0.5, 0.6) is 0 Å². The van der Waals surface area contributed by atoms with E-state index in [1.807, 2.05) is 12.1 Å². The third kappa shape index (κ3) is 4.50. The number of nitrogens with one attached hydrogen (secondary N) is 2. The van der Waals surface area contributed by atoms with Crippen LogP contribution in [0.4, 0.5) is 11.6 Å². The summed E-state index contributed by atoms with van der Waals surface area (Å²) in [7, 11) is 0. The molecule has 0 aliphatic heterocycles. The molecule has 0 unspecified atom stereocenters. The van der Waals surface area contributed by atoms with Gasteiger partial charge in [0.05, 0.1) is 23.9 Å². The lowest BCUT2D eigenvalue weighted by atomic mass is 10.0. The molecule has 2 N–H and O–H groups in total. The molecule has 2 aliphatic carbocycles. The van der Waals surface area contributed by atoms with Gasteiger partial charge in [0.2, 0.25) is 5.91 Å². The normalized spacial score (nSPS) is 18.7. The Morgan fingerprint density at radius 1 is 1.14 bits per heavy atom. The van der Waals surface area contributed by atoms with Crippen molar-refractivity contribution in [1.82, 2.24) is 29.8 Å². The summed E-state index contributed by atoms with van der Waals surface area (Å²) in [6, 6.07) is 12.9. The Morgan fingerprint density at radius 2 is 2.00 bits per heavy atom. The quantitative estimate of drug-likeness (QED) is 0.405. The number of carbonyl (C=O) groups is 1. The van der Waals surface area contributed by atoms with E-state index in [9.17, 15) is 10.1 Å². The first-order chi connectivity index (χ1) is 17.1. The number of benzene rings is 1. The molecule has 3 aromatic heterocycles. The smallest absolute Gasteiger partial charge is 0.229 e. The predicted molar refractivity (Wildman–Crippen MR) is 128 cm³/mol. The molecule has 4 aromatic rings. The molecule has 0 radical (unpaired) electrons. The predicted octanol–water partition coefficient (Wildman–Crippen LogP) is 3.67. The number of halogens is 1. The molecule has 6 rings (SSSR count). The van der Waals surface area contributed by atoms with Gasteiger partial charge >= 0.3 is 0 Å². The van der Waals surface area contributed by atoms with Crippen molar-refractivity contribution >= 4 is 34.8 Å². The zero-order valence-electron chi connectivity index (χ0n) is 18.5. The fourth-order valence-electron chi connectivity index (χ4n) is 4.19. The van der Waals surface area contributed by atoms with Crippen molar-refractivity contribution in [3.05, 3.63) is 70.4 Å². The van der Waals surface area contributed by atoms with Crippen molar-refractivity contribution in [2.75, 3.05) is 10.6 Å². The van der Waals surface area contributed by atoms with Gasteiger partial charge in [0.15, 0.2) is 11.5 Å². The molecule has 1 aromatic carbocycles. The maximum absolute atomic E-state index is 12.8. The Labute approximate surface area is 205 Å². The number of hydrogen-bond acceptors (Lipinski definition) is 8. The van der Waals surface area contributed by atoms with Crippen molar-refractivity contribution < 1.29 is 4.79 Å². The largest absolute Gasteiger partial charge is 0.363 e. The maximum atomic E-state index is 12.8. The van der Waals surface area contributed by atoms with Crippen LogP contribution in [0.1, 0.15) is 53.7 Å². The highest BCUT2D eigenvalue weighted by molar-refractivity contribution is 6.30. The molecule has 2 fully saturated rings. The van der Waals surface area contributed by atoms with Gasteiger partial charge in [0, 0.05) is 22.9 Å². The van der Waals surface area contributed by atoms with E-state index in [0.717, 1.165) is 11.3 Å². The highest BCUT2D eigenvalue weighted by atomic mass is 35.5. The summed E-state index contributed by atoms with van der Waals surface area (Å²) in [5.41, 5.74) is 3.10. The first kappa shape index (κ1) is 21.4. The average Bonchev–Trinajstić information content (AvgIpc) is 3.79. The molecule has 35 heavy (non-hydrogen) atoms. The van der Waals surface area contributed by atoms with E-state index in [2.05, 4.69) is 41.9 Å². The number of anilines is 2. The van der Waals surface area contributed by atoms with E-state index >= 15 is 0 Å². The Hall–Kier alpha value is -4.10. The summed E-state index contributed by atoms with van der Waals surface area (Å²) in [5.74, 6) is 1.65. The van der Waals surface area contributed by atoms with Gasteiger partial charge in [-0.15, -0.1) is 9.73 Å². The molecule has 3 heterocycles. The molecule has 0 saturated heterocycles. The van der Waals surface area contributed by atoms with Gasteiger partial charge in [0.25, 0.3) is 0 Å². The Kier molecular flexibility index (Phi) is 5.26. The van der Waals surface area contributed by atoms with Crippen LogP contribution in [0.3, 0.4) is 0 Å². The van der Waals surface area contributed by atoms with Gasteiger partial charge in [-0.25, -0.2) is 15.0 Å². The van der Waals surface area contributed by atoms with E-state index in [-0.39, 0.29) is 17.7 Å². The average molecular weight is 486 g/mol. The SMILES string of the molecule is N#Cc1ccc(Cl)cc1[C@H]1C[C@@H]1C(=O)Nc1cc(NCc2nc3ccc(C4CC4)nn3n2)ncn1. The van der Waals surface area contributed by atoms with Crippen LogP contribution in [0, 0.1) is 17.2 Å². The minimum Gasteiger partial charge on any atom is -0.363 e. The summed E-state index contributed by atoms with van der Waals surface area (Å²) in [6.07, 6.45) is 4.40. The first-order valence-corrected chi connectivity index (χ1v) is 11.7. The third-order valence-electron chi connectivity index (χ3n) is 6.27. The molecule has 2 aliphatic rings. The summed E-state index contributed by atoms with van der Waals surface area (Å²) in [6.45, 7) is 0.350. The second-order valence-corrected chi connectivity index (χ2v) is 9.27. The minimum absolute atomic E-state index is 0.0297. The van der Waals surface area contributed by atoms with Gasteiger partial charge in [-0.3, -0.25) is 4.79 Å². The monoisotopic (exact) mass is 485 g/mol. The number of fused-ring (bicyclic) bond motifs is 1. The van der Waals surface area contributed by atoms with Crippen molar-refractivity contribution in [3.8, 4) is 6.07 Å². The zero-order chi connectivity index (χ0) is 23.9. The van der Waals surface area contributed by atoms with Crippen LogP contribution in [-0.2, 0) is 11.3 Å². The molecular formula is C24H20ClN9O. The van der Waals surface area contributed by atoms with Gasteiger partial charge < -0.3 is 10.6 Å². The Balaban J connectivity index is 1.09. The number of carbonyl (C=O) groups excluding carboxylic acids is 1. The van der Waals surface area contributed by atoms with Gasteiger partial charge in [-0.1, -0.05) is 11.6 Å². The second-order valence-electron chi connectivity index (χ2n) is 8.83. The molecule has 11 heteroatoms. The minimum atomic E-state index is -0.234. The van der Waals surface area contributed by atoms with Crippen molar-refractivity contribution in [1.29, 1.82) is 5.26 Å². The topological polar surface area (TPSA) is 134 Å². The van der Waals surface area contributed by atoms with Crippen LogP contribution in [0.2, 0.25) is 5.02 Å². The summed E-state index contributed by atoms with van der Waals surface area (Å²) in [5, 5.41) is 24.9. The van der Waals surface area contributed by atoms with Crippen molar-refractivity contribution in [3.63, 3.8) is 0 Å². The van der Waals surface area contributed by atoms with Crippen molar-refractivity contribution in [2.45, 2.75) is 37.6 Å². The van der Waals surface area contributed by atoms with E-state index in [1.54, 1.807) is 28.9 Å². The van der Waals surface area contributed by atoms with Crippen LogP contribution >= 0.6 is 11.6 Å². The van der Waals surface area contributed by atoms with E-state index < -0.39 is 0 Å². The number of nitrogens with zero attached hydrogens (tertiary/aromatic N) is 7. The number of amides is 1. The third-order valence-corrected chi connectivity index (χ3v) is 6.51. The van der Waals surface area contributed by atoms with Crippen LogP contribution in [0.15, 0.2) is 42.7 Å². The number of aromatic nitrogens is 6. The molecule has 174 valence electrons. The zero-order valence-corrected chi connectivity index (χ0v) is 19.3. The number of nitriles is 1. The van der Waals surface area contributed by atoms with Crippen LogP contribution in [0.25, 0.3) is 5.65 Å². The van der Waals surface area contributed by atoms with Crippen LogP contribution < -0.4 is 10.6 Å². The molecule has 0 spiro atoms. The van der Waals surface area contributed by atoms with E-state index in [1.165, 1.54) is 19.2 Å². The van der Waals surface area contributed by atoms with E-state index in [4.69, 9.17) is 11.6 Å². The lowest BCUT2D eigenvalue weighted by Gasteiger charge is -2.07. The molecular weight excluding hydrogens is 466 g/mol. The lowest BCUT2D eigenvalue weighted by Crippen LogP contribution is -2.16. The standard InChI is InChI=1S/C24H20ClN9O/c25-15-4-3-14(10-26)16(7-15)17-8-18(17)24(35)31-21-9-20(28-12-29-21)27-11-22-30-23-6-5-19(13-1-2-13)32-34(23)33-22/h3-7,9,12-13,17-18H,1-2,8,11H2,(H2,27,28,29,31,35)/t17-,18+/m1/s1. The maximum Gasteiger partial charge on any atom is 0.229 e. The lowest BCUT2D eigenvalue weighted by molar-refractivity contribution is -0.117. The molecule has 10 nitrogen and oxygen atoms in total. The highest BCUT2D eigenvalue weighted by Crippen LogP contribution is 2.49. The molecule has 1 amide bonds. The number of hydrogen-bond donors (Lipinski definition) is 2. The summed E-state index contributed by atoms with van der Waals surface area (Å²) >= 11 is 6.09. The fourth-order valence-corrected chi connectivity index (χ4v) is 4.37. The summed E-state index contributed by atoms with van der Waals surface area (Å²) < 4.78 is 1.57. The highest BCUT2D eigenvalue weighted by Gasteiger charge is 2.45. The van der Waals surface area contributed by atoms with E-state index in [0.29, 0.717) is 52.6 Å². The van der Waals surface area contributed by atoms with Gasteiger partial charge in [-0.05, 0) is 61.1 Å². The number of rotatable bonds is 7. The Morgan fingerprint density at radius 3 is 2.83 bits per heavy atom. The molecule has 2 saturated carbocycles. The Bertz CT molecular complexity index is 1490. The molecule has 2 atom stereocenters. The fraction of sp³-hybridized carbons (Fsp3) is 0.292. The summed E-state index contributed by atoms with van der Waals surface area (Å²) in [4.78, 5) is 25.6.